The predicted molar refractivity (Wildman–Crippen MR) is 53.4 cm³/mol. The first kappa shape index (κ1) is 9.23. The van der Waals surface area contributed by atoms with E-state index in [0.29, 0.717) is 17.1 Å². The molecule has 0 amide bonds. The second-order valence-corrected chi connectivity index (χ2v) is 5.91. The van der Waals surface area contributed by atoms with Gasteiger partial charge >= 0.3 is 0 Å². The minimum absolute atomic E-state index is 0.448. The van der Waals surface area contributed by atoms with Crippen LogP contribution in [0.25, 0.3) is 0 Å². The Bertz CT molecular complexity index is 224. The van der Waals surface area contributed by atoms with E-state index in [9.17, 15) is 4.79 Å². The Labute approximate surface area is 80.9 Å². The predicted octanol–water partition coefficient (Wildman–Crippen LogP) is 3.04. The monoisotopic (exact) mass is 180 g/mol. The molecular formula is C12H20O. The van der Waals surface area contributed by atoms with E-state index >= 15 is 0 Å². The van der Waals surface area contributed by atoms with Crippen molar-refractivity contribution in [2.24, 2.45) is 23.2 Å². The molecule has 1 nitrogen and oxygen atoms in total. The zero-order valence-electron chi connectivity index (χ0n) is 8.97. The molecule has 2 saturated carbocycles. The molecule has 0 aliphatic heterocycles. The third-order valence-electron chi connectivity index (χ3n) is 4.08. The summed E-state index contributed by atoms with van der Waals surface area (Å²) in [6, 6.07) is 0. The molecule has 3 unspecified atom stereocenters. The van der Waals surface area contributed by atoms with E-state index in [4.69, 9.17) is 0 Å². The molecule has 13 heavy (non-hydrogen) atoms. The van der Waals surface area contributed by atoms with Gasteiger partial charge in [0.25, 0.3) is 0 Å². The van der Waals surface area contributed by atoms with Gasteiger partial charge < -0.3 is 0 Å². The SMILES string of the molecule is CC(C)(C)C1CCC2C(=O)CC2C1. The van der Waals surface area contributed by atoms with Crippen molar-refractivity contribution in [1.29, 1.82) is 0 Å². The number of carbonyl (C=O) groups excluding carboxylic acids is 1. The first-order chi connectivity index (χ1) is 5.98. The van der Waals surface area contributed by atoms with Crippen LogP contribution < -0.4 is 0 Å². The lowest BCUT2D eigenvalue weighted by Gasteiger charge is -2.46. The quantitative estimate of drug-likeness (QED) is 0.560. The summed E-state index contributed by atoms with van der Waals surface area (Å²) in [6.45, 7) is 7.00. The van der Waals surface area contributed by atoms with Crippen molar-refractivity contribution in [1.82, 2.24) is 0 Å². The van der Waals surface area contributed by atoms with Gasteiger partial charge in [-0.15, -0.1) is 0 Å². The minimum Gasteiger partial charge on any atom is -0.299 e. The molecule has 2 rings (SSSR count). The Morgan fingerprint density at radius 3 is 2.38 bits per heavy atom. The average molecular weight is 180 g/mol. The molecule has 2 aliphatic carbocycles. The molecule has 0 aromatic heterocycles. The van der Waals surface area contributed by atoms with Crippen LogP contribution in [-0.2, 0) is 4.79 Å². The Hall–Kier alpha value is -0.330. The van der Waals surface area contributed by atoms with Crippen molar-refractivity contribution in [3.05, 3.63) is 0 Å². The highest BCUT2D eigenvalue weighted by Gasteiger charge is 2.45. The number of rotatable bonds is 0. The number of hydrogen-bond donors (Lipinski definition) is 0. The Morgan fingerprint density at radius 2 is 1.92 bits per heavy atom. The maximum absolute atomic E-state index is 11.2. The smallest absolute Gasteiger partial charge is 0.136 e. The van der Waals surface area contributed by atoms with Gasteiger partial charge in [-0.2, -0.15) is 0 Å². The molecule has 1 heteroatoms. The number of fused-ring (bicyclic) bond motifs is 1. The largest absolute Gasteiger partial charge is 0.299 e. The summed E-state index contributed by atoms with van der Waals surface area (Å²) < 4.78 is 0. The highest BCUT2D eigenvalue weighted by molar-refractivity contribution is 5.87. The standard InChI is InChI=1S/C12H20O/c1-12(2,3)9-4-5-10-8(6-9)7-11(10)13/h8-10H,4-7H2,1-3H3. The second-order valence-electron chi connectivity index (χ2n) is 5.91. The maximum Gasteiger partial charge on any atom is 0.136 e. The third kappa shape index (κ3) is 1.53. The summed E-state index contributed by atoms with van der Waals surface area (Å²) in [5.74, 6) is 2.61. The number of hydrogen-bond acceptors (Lipinski definition) is 1. The van der Waals surface area contributed by atoms with Gasteiger partial charge in [-0.3, -0.25) is 4.79 Å². The molecule has 0 radical (unpaired) electrons. The van der Waals surface area contributed by atoms with Gasteiger partial charge in [0.2, 0.25) is 0 Å². The normalized spacial score (nSPS) is 39.6. The average Bonchev–Trinajstić information content (AvgIpc) is 2.00. The molecule has 0 N–H and O–H groups in total. The Morgan fingerprint density at radius 1 is 1.23 bits per heavy atom. The first-order valence-corrected chi connectivity index (χ1v) is 5.51. The zero-order valence-corrected chi connectivity index (χ0v) is 8.97. The highest BCUT2D eigenvalue weighted by atomic mass is 16.1. The van der Waals surface area contributed by atoms with Crippen molar-refractivity contribution in [3.8, 4) is 0 Å². The van der Waals surface area contributed by atoms with Crippen LogP contribution in [-0.4, -0.2) is 5.78 Å². The van der Waals surface area contributed by atoms with Crippen LogP contribution in [0.2, 0.25) is 0 Å². The molecule has 0 heterocycles. The van der Waals surface area contributed by atoms with Crippen LogP contribution in [0.5, 0.6) is 0 Å². The van der Waals surface area contributed by atoms with Gasteiger partial charge in [-0.05, 0) is 36.5 Å². The van der Waals surface area contributed by atoms with Crippen LogP contribution in [0.3, 0.4) is 0 Å². The first-order valence-electron chi connectivity index (χ1n) is 5.51. The lowest BCUT2D eigenvalue weighted by atomic mass is 9.58. The van der Waals surface area contributed by atoms with E-state index in [1.54, 1.807) is 0 Å². The highest BCUT2D eigenvalue weighted by Crippen LogP contribution is 2.49. The van der Waals surface area contributed by atoms with Gasteiger partial charge in [0, 0.05) is 12.3 Å². The number of ketones is 1. The van der Waals surface area contributed by atoms with Crippen molar-refractivity contribution in [2.45, 2.75) is 46.5 Å². The molecule has 2 aliphatic rings. The summed E-state index contributed by atoms with van der Waals surface area (Å²) in [5, 5.41) is 0. The van der Waals surface area contributed by atoms with Crippen LogP contribution in [0.1, 0.15) is 46.5 Å². The Balaban J connectivity index is 1.97. The zero-order chi connectivity index (χ0) is 9.64. The second kappa shape index (κ2) is 2.83. The summed E-state index contributed by atoms with van der Waals surface area (Å²) >= 11 is 0. The van der Waals surface area contributed by atoms with E-state index < -0.39 is 0 Å². The van der Waals surface area contributed by atoms with E-state index in [1.165, 1.54) is 19.3 Å². The van der Waals surface area contributed by atoms with Crippen molar-refractivity contribution >= 4 is 5.78 Å². The third-order valence-corrected chi connectivity index (χ3v) is 4.08. The molecule has 0 spiro atoms. The molecular weight excluding hydrogens is 160 g/mol. The minimum atomic E-state index is 0.448. The molecule has 0 aromatic carbocycles. The van der Waals surface area contributed by atoms with Crippen LogP contribution in [0, 0.1) is 23.2 Å². The van der Waals surface area contributed by atoms with Gasteiger partial charge in [-0.1, -0.05) is 20.8 Å². The molecule has 3 atom stereocenters. The number of Topliss-reactive ketones (excluding diaryl/α,β-unsaturated/α-hetero) is 1. The van der Waals surface area contributed by atoms with Gasteiger partial charge in [0.15, 0.2) is 0 Å². The fourth-order valence-electron chi connectivity index (χ4n) is 2.95. The summed E-state index contributed by atoms with van der Waals surface area (Å²) in [7, 11) is 0. The van der Waals surface area contributed by atoms with Crippen LogP contribution >= 0.6 is 0 Å². The lowest BCUT2D eigenvalue weighted by Crippen LogP contribution is -2.43. The molecule has 0 bridgehead atoms. The molecule has 74 valence electrons. The van der Waals surface area contributed by atoms with E-state index in [2.05, 4.69) is 20.8 Å². The lowest BCUT2D eigenvalue weighted by molar-refractivity contribution is -0.138. The van der Waals surface area contributed by atoms with E-state index in [1.807, 2.05) is 0 Å². The van der Waals surface area contributed by atoms with Gasteiger partial charge in [0.05, 0.1) is 0 Å². The van der Waals surface area contributed by atoms with Crippen molar-refractivity contribution < 1.29 is 4.79 Å². The summed E-state index contributed by atoms with van der Waals surface area (Å²) in [5.41, 5.74) is 0.448. The van der Waals surface area contributed by atoms with Crippen molar-refractivity contribution in [2.75, 3.05) is 0 Å². The fourth-order valence-corrected chi connectivity index (χ4v) is 2.95. The Kier molecular flexibility index (Phi) is 2.01. The topological polar surface area (TPSA) is 17.1 Å². The maximum atomic E-state index is 11.2. The summed E-state index contributed by atoms with van der Waals surface area (Å²) in [4.78, 5) is 11.2. The van der Waals surface area contributed by atoms with Crippen LogP contribution in [0.4, 0.5) is 0 Å². The van der Waals surface area contributed by atoms with E-state index in [0.717, 1.165) is 18.3 Å². The molecule has 2 fully saturated rings. The van der Waals surface area contributed by atoms with Crippen molar-refractivity contribution in [3.63, 3.8) is 0 Å². The van der Waals surface area contributed by atoms with E-state index in [-0.39, 0.29) is 0 Å². The molecule has 0 aromatic rings. The van der Waals surface area contributed by atoms with Gasteiger partial charge in [-0.25, -0.2) is 0 Å². The van der Waals surface area contributed by atoms with Crippen LogP contribution in [0.15, 0.2) is 0 Å². The number of carbonyl (C=O) groups is 1. The molecule has 0 saturated heterocycles. The van der Waals surface area contributed by atoms with Gasteiger partial charge in [0.1, 0.15) is 5.78 Å². The fraction of sp³-hybridized carbons (Fsp3) is 0.917. The summed E-state index contributed by atoms with van der Waals surface area (Å²) in [6.07, 6.45) is 4.64.